The van der Waals surface area contributed by atoms with Crippen LogP contribution in [-0.4, -0.2) is 74.7 Å². The van der Waals surface area contributed by atoms with E-state index >= 15 is 0 Å². The number of hydrogen-bond donors (Lipinski definition) is 2. The summed E-state index contributed by atoms with van der Waals surface area (Å²) >= 11 is 0. The summed E-state index contributed by atoms with van der Waals surface area (Å²) < 4.78 is 27.4. The first-order valence-electron chi connectivity index (χ1n) is 10.3. The van der Waals surface area contributed by atoms with Crippen LogP contribution in [0.4, 0.5) is 0 Å². The first-order chi connectivity index (χ1) is 12.7. The van der Waals surface area contributed by atoms with E-state index in [9.17, 15) is 14.6 Å². The van der Waals surface area contributed by atoms with Crippen molar-refractivity contribution in [1.82, 2.24) is 0 Å². The number of quaternary nitrogens is 1. The molecule has 0 spiro atoms. The Morgan fingerprint density at radius 1 is 0.852 bits per heavy atom. The lowest BCUT2D eigenvalue weighted by atomic mass is 10.1. The van der Waals surface area contributed by atoms with Crippen LogP contribution in [0.15, 0.2) is 0 Å². The average molecular weight is 413 g/mol. The highest BCUT2D eigenvalue weighted by molar-refractivity contribution is 7.47. The third-order valence-electron chi connectivity index (χ3n) is 4.15. The van der Waals surface area contributed by atoms with Gasteiger partial charge >= 0.3 is 7.82 Å². The quantitative estimate of drug-likeness (QED) is 0.191. The number of hydrogen-bond acceptors (Lipinski definition) is 5. The lowest BCUT2D eigenvalue weighted by Crippen LogP contribution is -2.37. The second kappa shape index (κ2) is 15.9. The largest absolute Gasteiger partial charge is 0.472 e. The minimum Gasteiger partial charge on any atom is -0.388 e. The fourth-order valence-corrected chi connectivity index (χ4v) is 3.18. The molecule has 0 aliphatic heterocycles. The molecule has 0 radical (unpaired) electrons. The van der Waals surface area contributed by atoms with E-state index in [1.54, 1.807) is 0 Å². The zero-order valence-corrected chi connectivity index (χ0v) is 18.8. The lowest BCUT2D eigenvalue weighted by molar-refractivity contribution is -0.870. The van der Waals surface area contributed by atoms with Gasteiger partial charge in [0.2, 0.25) is 0 Å². The van der Waals surface area contributed by atoms with Crippen molar-refractivity contribution in [2.24, 2.45) is 0 Å². The maximum absolute atomic E-state index is 11.7. The van der Waals surface area contributed by atoms with Crippen molar-refractivity contribution in [3.05, 3.63) is 0 Å². The van der Waals surface area contributed by atoms with Crippen molar-refractivity contribution in [2.45, 2.75) is 70.8 Å². The molecule has 27 heavy (non-hydrogen) atoms. The highest BCUT2D eigenvalue weighted by Crippen LogP contribution is 2.43. The van der Waals surface area contributed by atoms with Crippen LogP contribution >= 0.6 is 7.82 Å². The van der Waals surface area contributed by atoms with E-state index in [1.165, 1.54) is 44.9 Å². The van der Waals surface area contributed by atoms with Gasteiger partial charge < -0.3 is 19.2 Å². The second-order valence-corrected chi connectivity index (χ2v) is 9.62. The molecule has 0 aliphatic rings. The van der Waals surface area contributed by atoms with Crippen molar-refractivity contribution in [3.63, 3.8) is 0 Å². The summed E-state index contributed by atoms with van der Waals surface area (Å²) in [5.41, 5.74) is 0. The molecule has 7 nitrogen and oxygen atoms in total. The summed E-state index contributed by atoms with van der Waals surface area (Å²) in [6.45, 7) is 3.32. The molecule has 0 heterocycles. The summed E-state index contributed by atoms with van der Waals surface area (Å²) in [7, 11) is 1.75. The molecular weight excluding hydrogens is 369 g/mol. The molecule has 0 aromatic rings. The van der Waals surface area contributed by atoms with Crippen LogP contribution in [0, 0.1) is 0 Å². The first kappa shape index (κ1) is 27.0. The van der Waals surface area contributed by atoms with Crippen LogP contribution in [0.3, 0.4) is 0 Å². The number of nitrogens with zero attached hydrogens (tertiary/aromatic N) is 1. The van der Waals surface area contributed by atoms with E-state index in [0.717, 1.165) is 12.8 Å². The zero-order chi connectivity index (χ0) is 20.6. The Hall–Kier alpha value is -0.0100. The van der Waals surface area contributed by atoms with Crippen LogP contribution in [0.2, 0.25) is 0 Å². The molecule has 0 bridgehead atoms. The van der Waals surface area contributed by atoms with Crippen LogP contribution in [0.5, 0.6) is 0 Å². The monoisotopic (exact) mass is 412 g/mol. The Morgan fingerprint density at radius 2 is 1.41 bits per heavy atom. The van der Waals surface area contributed by atoms with Gasteiger partial charge in [-0.25, -0.2) is 4.57 Å². The fraction of sp³-hybridized carbons (Fsp3) is 1.00. The number of rotatable bonds is 19. The summed E-state index contributed by atoms with van der Waals surface area (Å²) in [6, 6.07) is 0. The molecule has 0 saturated carbocycles. The van der Waals surface area contributed by atoms with Crippen LogP contribution in [-0.2, 0) is 18.3 Å². The van der Waals surface area contributed by atoms with Crippen molar-refractivity contribution < 1.29 is 32.8 Å². The topological polar surface area (TPSA) is 85.2 Å². The van der Waals surface area contributed by atoms with Gasteiger partial charge in [-0.1, -0.05) is 58.3 Å². The molecule has 0 rings (SSSR count). The molecular formula is C19H43NO6P+. The first-order valence-corrected chi connectivity index (χ1v) is 11.8. The van der Waals surface area contributed by atoms with Crippen molar-refractivity contribution in [2.75, 3.05) is 54.1 Å². The second-order valence-electron chi connectivity index (χ2n) is 8.17. The van der Waals surface area contributed by atoms with Gasteiger partial charge in [-0.3, -0.25) is 9.05 Å². The van der Waals surface area contributed by atoms with E-state index in [1.807, 2.05) is 21.1 Å². The van der Waals surface area contributed by atoms with Gasteiger partial charge in [-0.2, -0.15) is 0 Å². The number of aliphatic hydroxyl groups excluding tert-OH is 1. The highest BCUT2D eigenvalue weighted by Gasteiger charge is 2.24. The van der Waals surface area contributed by atoms with E-state index < -0.39 is 13.9 Å². The Labute approximate surface area is 166 Å². The third kappa shape index (κ3) is 20.5. The SMILES string of the molecule is CCCCCCCCCCCOCC(O)COP(=O)(O)OCC[N+](C)(C)C. The number of phosphoric acid groups is 1. The van der Waals surface area contributed by atoms with Crippen molar-refractivity contribution in [3.8, 4) is 0 Å². The van der Waals surface area contributed by atoms with E-state index in [2.05, 4.69) is 6.92 Å². The molecule has 0 aromatic carbocycles. The summed E-state index contributed by atoms with van der Waals surface area (Å²) in [5.74, 6) is 0. The van der Waals surface area contributed by atoms with E-state index in [0.29, 0.717) is 17.6 Å². The summed E-state index contributed by atoms with van der Waals surface area (Å²) in [5, 5.41) is 9.77. The Balaban J connectivity index is 3.52. The standard InChI is InChI=1S/C19H42NO6P/c1-5-6-7-8-9-10-11-12-13-15-24-17-19(21)18-26-27(22,23)25-16-14-20(2,3)4/h19,21H,5-18H2,1-4H3/p+1. The zero-order valence-electron chi connectivity index (χ0n) is 17.9. The molecule has 8 heteroatoms. The van der Waals surface area contributed by atoms with Crippen molar-refractivity contribution >= 4 is 7.82 Å². The molecule has 0 amide bonds. The van der Waals surface area contributed by atoms with Gasteiger partial charge in [0, 0.05) is 6.61 Å². The Kier molecular flexibility index (Phi) is 15.9. The predicted molar refractivity (Wildman–Crippen MR) is 109 cm³/mol. The van der Waals surface area contributed by atoms with E-state index in [-0.39, 0.29) is 19.8 Å². The van der Waals surface area contributed by atoms with Gasteiger partial charge in [-0.05, 0) is 6.42 Å². The Morgan fingerprint density at radius 3 is 1.96 bits per heavy atom. The number of aliphatic hydroxyl groups is 1. The van der Waals surface area contributed by atoms with Gasteiger partial charge in [-0.15, -0.1) is 0 Å². The van der Waals surface area contributed by atoms with Crippen LogP contribution in [0.25, 0.3) is 0 Å². The predicted octanol–water partition coefficient (Wildman–Crippen LogP) is 3.73. The van der Waals surface area contributed by atoms with Crippen LogP contribution < -0.4 is 0 Å². The summed E-state index contributed by atoms with van der Waals surface area (Å²) in [6.07, 6.45) is 10.3. The normalized spacial score (nSPS) is 15.6. The number of likely N-dealkylation sites (N-methyl/N-ethyl adjacent to an activating group) is 1. The van der Waals surface area contributed by atoms with Gasteiger partial charge in [0.25, 0.3) is 0 Å². The molecule has 0 saturated heterocycles. The molecule has 2 unspecified atom stereocenters. The minimum absolute atomic E-state index is 0.0932. The highest BCUT2D eigenvalue weighted by atomic mass is 31.2. The molecule has 2 N–H and O–H groups in total. The lowest BCUT2D eigenvalue weighted by Gasteiger charge is -2.24. The van der Waals surface area contributed by atoms with Crippen LogP contribution in [0.1, 0.15) is 64.7 Å². The minimum atomic E-state index is -4.13. The molecule has 0 aliphatic carbocycles. The maximum atomic E-state index is 11.7. The number of unbranched alkanes of at least 4 members (excludes halogenated alkanes) is 8. The number of phosphoric ester groups is 1. The summed E-state index contributed by atoms with van der Waals surface area (Å²) in [4.78, 5) is 9.57. The van der Waals surface area contributed by atoms with Gasteiger partial charge in [0.1, 0.15) is 19.3 Å². The third-order valence-corrected chi connectivity index (χ3v) is 5.13. The average Bonchev–Trinajstić information content (AvgIpc) is 2.56. The van der Waals surface area contributed by atoms with Crippen molar-refractivity contribution in [1.29, 1.82) is 0 Å². The van der Waals surface area contributed by atoms with E-state index in [4.69, 9.17) is 13.8 Å². The molecule has 164 valence electrons. The fourth-order valence-electron chi connectivity index (χ4n) is 2.43. The maximum Gasteiger partial charge on any atom is 0.472 e. The molecule has 0 fully saturated rings. The number of ether oxygens (including phenoxy) is 1. The smallest absolute Gasteiger partial charge is 0.388 e. The molecule has 2 atom stereocenters. The Bertz CT molecular complexity index is 389. The van der Waals surface area contributed by atoms with Gasteiger partial charge in [0.15, 0.2) is 0 Å². The van der Waals surface area contributed by atoms with Gasteiger partial charge in [0.05, 0.1) is 34.4 Å². The molecule has 0 aromatic heterocycles.